The Morgan fingerprint density at radius 1 is 1.67 bits per heavy atom. The Morgan fingerprint density at radius 2 is 2.27 bits per heavy atom. The first-order chi connectivity index (χ1) is 6.88. The first-order valence-electron chi connectivity index (χ1n) is 3.32. The van der Waals surface area contributed by atoms with Gasteiger partial charge in [-0.05, 0) is 22.0 Å². The molecule has 0 saturated heterocycles. The number of carboxylic acids is 1. The minimum Gasteiger partial charge on any atom is -0.477 e. The van der Waals surface area contributed by atoms with Gasteiger partial charge < -0.3 is 5.11 Å². The number of rotatable bonds is 3. The van der Waals surface area contributed by atoms with E-state index in [0.717, 1.165) is 17.4 Å². The van der Waals surface area contributed by atoms with Crippen LogP contribution in [0, 0.1) is 11.5 Å². The highest BCUT2D eigenvalue weighted by molar-refractivity contribution is 9.11. The van der Waals surface area contributed by atoms with Crippen LogP contribution >= 0.6 is 27.3 Å². The molecular weight excluding hydrogens is 308 g/mol. The number of hydrogen-bond acceptors (Lipinski definition) is 5. The van der Waals surface area contributed by atoms with Gasteiger partial charge >= 0.3 is 5.97 Å². The van der Waals surface area contributed by atoms with Gasteiger partial charge in [-0.2, -0.15) is 5.26 Å². The van der Waals surface area contributed by atoms with Crippen LogP contribution in [-0.2, 0) is 10.0 Å². The number of nitriles is 1. The summed E-state index contributed by atoms with van der Waals surface area (Å²) >= 11 is 3.68. The Hall–Kier alpha value is -1.11. The molecule has 0 saturated carbocycles. The second-order valence-electron chi connectivity index (χ2n) is 2.27. The minimum atomic E-state index is -3.96. The maximum absolute atomic E-state index is 11.3. The van der Waals surface area contributed by atoms with Crippen LogP contribution < -0.4 is 4.72 Å². The molecule has 0 unspecified atom stereocenters. The van der Waals surface area contributed by atoms with Crippen molar-refractivity contribution in [1.82, 2.24) is 4.72 Å². The smallest absolute Gasteiger partial charge is 0.345 e. The number of thiophene rings is 1. The van der Waals surface area contributed by atoms with Crippen molar-refractivity contribution in [2.24, 2.45) is 0 Å². The van der Waals surface area contributed by atoms with Crippen LogP contribution in [0.25, 0.3) is 0 Å². The first kappa shape index (κ1) is 12.0. The van der Waals surface area contributed by atoms with Gasteiger partial charge in [0.15, 0.2) is 6.19 Å². The Bertz CT molecular complexity index is 542. The lowest BCUT2D eigenvalue weighted by Gasteiger charge is -1.96. The van der Waals surface area contributed by atoms with Crippen molar-refractivity contribution in [2.45, 2.75) is 4.90 Å². The van der Waals surface area contributed by atoms with Gasteiger partial charge in [-0.25, -0.2) is 17.9 Å². The quantitative estimate of drug-likeness (QED) is 0.639. The molecule has 1 aromatic rings. The van der Waals surface area contributed by atoms with Gasteiger partial charge in [0.05, 0.1) is 3.79 Å². The van der Waals surface area contributed by atoms with Crippen LogP contribution in [0.1, 0.15) is 9.67 Å². The number of hydrogen-bond donors (Lipinski definition) is 2. The molecule has 1 aromatic heterocycles. The molecule has 0 aliphatic rings. The number of nitrogens with one attached hydrogen (secondary N) is 1. The van der Waals surface area contributed by atoms with Crippen molar-refractivity contribution >= 4 is 43.3 Å². The fraction of sp³-hybridized carbons (Fsp3) is 0. The molecule has 0 amide bonds. The Morgan fingerprint density at radius 3 is 2.67 bits per heavy atom. The largest absolute Gasteiger partial charge is 0.477 e. The van der Waals surface area contributed by atoms with Crippen LogP contribution in [0.3, 0.4) is 0 Å². The summed E-state index contributed by atoms with van der Waals surface area (Å²) in [5.74, 6) is -1.22. The average Bonchev–Trinajstić information content (AvgIpc) is 2.47. The standard InChI is InChI=1S/C6H3BrN2O4S2/c7-5-4(15(12,13)9-2-8)1-3(14-5)6(10)11/h1,9H,(H,10,11). The molecule has 1 heterocycles. The van der Waals surface area contributed by atoms with Crippen molar-refractivity contribution in [3.63, 3.8) is 0 Å². The molecule has 6 nitrogen and oxygen atoms in total. The van der Waals surface area contributed by atoms with Crippen LogP contribution in [-0.4, -0.2) is 19.5 Å². The van der Waals surface area contributed by atoms with Gasteiger partial charge in [-0.1, -0.05) is 0 Å². The first-order valence-corrected chi connectivity index (χ1v) is 6.41. The summed E-state index contributed by atoms with van der Waals surface area (Å²) in [5, 5.41) is 16.8. The zero-order valence-corrected chi connectivity index (χ0v) is 10.1. The summed E-state index contributed by atoms with van der Waals surface area (Å²) in [4.78, 5) is 10.2. The second-order valence-corrected chi connectivity index (χ2v) is 6.29. The molecule has 0 bridgehead atoms. The molecule has 0 spiro atoms. The lowest BCUT2D eigenvalue weighted by Crippen LogP contribution is -2.17. The van der Waals surface area contributed by atoms with Crippen LogP contribution in [0.2, 0.25) is 0 Å². The van der Waals surface area contributed by atoms with E-state index in [1.807, 2.05) is 0 Å². The maximum atomic E-state index is 11.3. The van der Waals surface area contributed by atoms with Gasteiger partial charge in [0.2, 0.25) is 0 Å². The highest BCUT2D eigenvalue weighted by Crippen LogP contribution is 2.31. The SMILES string of the molecule is N#CNS(=O)(=O)c1cc(C(=O)O)sc1Br. The Kier molecular flexibility index (Phi) is 3.33. The summed E-state index contributed by atoms with van der Waals surface area (Å²) in [6.45, 7) is 0. The summed E-state index contributed by atoms with van der Waals surface area (Å²) in [7, 11) is -3.96. The number of halogens is 1. The van der Waals surface area contributed by atoms with E-state index in [9.17, 15) is 13.2 Å². The summed E-state index contributed by atoms with van der Waals surface area (Å²) < 4.78 is 24.4. The van der Waals surface area contributed by atoms with Gasteiger partial charge in [0.25, 0.3) is 10.0 Å². The average molecular weight is 311 g/mol. The summed E-state index contributed by atoms with van der Waals surface area (Å²) in [5.41, 5.74) is 0. The Balaban J connectivity index is 3.29. The number of aromatic carboxylic acids is 1. The third-order valence-electron chi connectivity index (χ3n) is 1.34. The molecule has 0 fully saturated rings. The fourth-order valence-corrected chi connectivity index (χ4v) is 3.89. The van der Waals surface area contributed by atoms with Crippen molar-refractivity contribution in [1.29, 1.82) is 5.26 Å². The molecule has 0 aliphatic carbocycles. The minimum absolute atomic E-state index is 0.125. The molecule has 15 heavy (non-hydrogen) atoms. The predicted molar refractivity (Wildman–Crippen MR) is 54.9 cm³/mol. The molecule has 80 valence electrons. The van der Waals surface area contributed by atoms with E-state index in [1.54, 1.807) is 4.72 Å². The molecule has 0 radical (unpaired) electrons. The van der Waals surface area contributed by atoms with Crippen LogP contribution in [0.5, 0.6) is 0 Å². The fourth-order valence-electron chi connectivity index (χ4n) is 0.756. The molecule has 0 aliphatic heterocycles. The van der Waals surface area contributed by atoms with E-state index in [2.05, 4.69) is 15.9 Å². The third kappa shape index (κ3) is 2.47. The molecule has 1 rings (SSSR count). The monoisotopic (exact) mass is 310 g/mol. The molecule has 9 heteroatoms. The topological polar surface area (TPSA) is 107 Å². The highest BCUT2D eigenvalue weighted by Gasteiger charge is 2.22. The number of carbonyl (C=O) groups is 1. The van der Waals surface area contributed by atoms with Gasteiger partial charge in [0, 0.05) is 0 Å². The maximum Gasteiger partial charge on any atom is 0.345 e. The van der Waals surface area contributed by atoms with E-state index < -0.39 is 16.0 Å². The normalized spacial score (nSPS) is 10.7. The van der Waals surface area contributed by atoms with E-state index in [0.29, 0.717) is 0 Å². The van der Waals surface area contributed by atoms with Crippen molar-refractivity contribution in [3.05, 3.63) is 14.7 Å². The van der Waals surface area contributed by atoms with Gasteiger partial charge in [-0.3, -0.25) is 0 Å². The van der Waals surface area contributed by atoms with E-state index in [-0.39, 0.29) is 13.6 Å². The summed E-state index contributed by atoms with van der Waals surface area (Å²) in [6.07, 6.45) is 1.27. The lowest BCUT2D eigenvalue weighted by atomic mass is 10.5. The molecule has 2 N–H and O–H groups in total. The predicted octanol–water partition coefficient (Wildman–Crippen LogP) is 0.968. The van der Waals surface area contributed by atoms with E-state index in [4.69, 9.17) is 10.4 Å². The second kappa shape index (κ2) is 4.18. The third-order valence-corrected chi connectivity index (χ3v) is 4.81. The van der Waals surface area contributed by atoms with E-state index >= 15 is 0 Å². The zero-order valence-electron chi connectivity index (χ0n) is 6.89. The zero-order chi connectivity index (χ0) is 11.6. The number of nitrogens with zero attached hydrogens (tertiary/aromatic N) is 1. The van der Waals surface area contributed by atoms with Crippen molar-refractivity contribution < 1.29 is 18.3 Å². The van der Waals surface area contributed by atoms with Crippen LogP contribution in [0.4, 0.5) is 0 Å². The lowest BCUT2D eigenvalue weighted by molar-refractivity contribution is 0.0702. The Labute approximate surface area is 97.3 Å². The summed E-state index contributed by atoms with van der Waals surface area (Å²) in [6, 6.07) is 0.983. The van der Waals surface area contributed by atoms with Gasteiger partial charge in [0.1, 0.15) is 9.77 Å². The molecule has 0 atom stereocenters. The highest BCUT2D eigenvalue weighted by atomic mass is 79.9. The molecule has 0 aromatic carbocycles. The number of sulfonamides is 1. The molecular formula is C6H3BrN2O4S2. The van der Waals surface area contributed by atoms with Gasteiger partial charge in [-0.15, -0.1) is 11.3 Å². The van der Waals surface area contributed by atoms with Crippen molar-refractivity contribution in [2.75, 3.05) is 0 Å². The van der Waals surface area contributed by atoms with E-state index in [1.165, 1.54) is 6.19 Å². The van der Waals surface area contributed by atoms with Crippen LogP contribution in [0.15, 0.2) is 14.7 Å². The number of carboxylic acid groups (broad SMARTS) is 1. The van der Waals surface area contributed by atoms with Crippen molar-refractivity contribution in [3.8, 4) is 6.19 Å².